The summed E-state index contributed by atoms with van der Waals surface area (Å²) in [5, 5.41) is 33.8. The Labute approximate surface area is 259 Å². The minimum Gasteiger partial charge on any atom is -0.477 e. The molecule has 0 aliphatic carbocycles. The number of carbonyl (C=O) groups excluding carboxylic acids is 4. The third-order valence-corrected chi connectivity index (χ3v) is 9.14. The molecule has 3 aromatic heterocycles. The molecule has 2 aliphatic heterocycles. The predicted octanol–water partition coefficient (Wildman–Crippen LogP) is -0.480. The number of thioether (sulfide) groups is 2. The Bertz CT molecular complexity index is 1660. The molecule has 4 amide bonds. The molecular weight excluding hydrogens is 639 g/mol. The largest absolute Gasteiger partial charge is 0.477 e. The van der Waals surface area contributed by atoms with Gasteiger partial charge in [0.15, 0.2) is 17.5 Å². The fourth-order valence-electron chi connectivity index (χ4n) is 3.99. The number of oxime groups is 1. The summed E-state index contributed by atoms with van der Waals surface area (Å²) >= 11 is 3.52. The van der Waals surface area contributed by atoms with Crippen molar-refractivity contribution >= 4 is 81.5 Å². The Balaban J connectivity index is 1.28. The summed E-state index contributed by atoms with van der Waals surface area (Å²) in [6.07, 6.45) is 3.38. The molecule has 2 atom stereocenters. The Hall–Kier alpha value is -4.89. The van der Waals surface area contributed by atoms with E-state index < -0.39 is 41.7 Å². The highest BCUT2D eigenvalue weighted by Crippen LogP contribution is 2.41. The van der Waals surface area contributed by atoms with Gasteiger partial charge in [0.1, 0.15) is 22.8 Å². The lowest BCUT2D eigenvalue weighted by atomic mass is 10.0. The summed E-state index contributed by atoms with van der Waals surface area (Å²) in [7, 11) is 1.65. The first-order valence-electron chi connectivity index (χ1n) is 12.4. The zero-order chi connectivity index (χ0) is 31.2. The lowest BCUT2D eigenvalue weighted by Gasteiger charge is -2.49. The van der Waals surface area contributed by atoms with Crippen molar-refractivity contribution in [3.8, 4) is 0 Å². The number of rotatable bonds is 13. The van der Waals surface area contributed by atoms with Crippen molar-refractivity contribution in [2.45, 2.75) is 16.6 Å². The number of aromatic nitrogens is 6. The lowest BCUT2D eigenvalue weighted by molar-refractivity contribution is -0.150. The van der Waals surface area contributed by atoms with Gasteiger partial charge in [-0.3, -0.25) is 29.1 Å². The third kappa shape index (κ3) is 6.68. The molecule has 4 N–H and O–H groups in total. The summed E-state index contributed by atoms with van der Waals surface area (Å²) in [6.45, 7) is -0.568. The quantitative estimate of drug-likeness (QED) is 0.0597. The number of nitrogens with one attached hydrogen (secondary N) is 3. The molecule has 0 aromatic carbocycles. The molecule has 18 nitrogen and oxygen atoms in total. The maximum Gasteiger partial charge on any atom is 0.352 e. The number of fused-ring (bicyclic) bond motifs is 1. The van der Waals surface area contributed by atoms with Crippen molar-refractivity contribution in [2.24, 2.45) is 12.2 Å². The second-order valence-electron chi connectivity index (χ2n) is 8.80. The fourth-order valence-corrected chi connectivity index (χ4v) is 6.98. The number of nitrogens with zero attached hydrogens (tertiary/aromatic N) is 8. The molecule has 5 rings (SSSR count). The fraction of sp³-hybridized carbons (Fsp3) is 0.261. The Morgan fingerprint density at radius 2 is 2.18 bits per heavy atom. The number of pyridine rings is 1. The predicted molar refractivity (Wildman–Crippen MR) is 156 cm³/mol. The standard InChI is InChI=1S/C23H21N11O7S3/c1-33-23(29-31-32-33)44-8-11-7-42-20-16(19(38)34(20)17(11)21(39)40)28-18(37)15(13-9-43-22(27-13)25-10-35)30-41-6-14(36)26-12-3-2-4-24-5-12/h2-5,9-10,16,20H,6-8H2,1H3,(H,26,36)(H,28,37)(H,39,40)(H,25,27,35)/t16?,20-/m0/s1. The van der Waals surface area contributed by atoms with Crippen LogP contribution >= 0.6 is 34.9 Å². The molecule has 44 heavy (non-hydrogen) atoms. The van der Waals surface area contributed by atoms with Crippen LogP contribution in [0, 0.1) is 0 Å². The zero-order valence-corrected chi connectivity index (χ0v) is 24.9. The smallest absolute Gasteiger partial charge is 0.352 e. The molecule has 228 valence electrons. The van der Waals surface area contributed by atoms with Crippen molar-refractivity contribution in [1.82, 2.24) is 40.4 Å². The second kappa shape index (κ2) is 13.6. The van der Waals surface area contributed by atoms with Gasteiger partial charge in [0, 0.05) is 30.1 Å². The van der Waals surface area contributed by atoms with E-state index in [1.165, 1.54) is 46.0 Å². The molecule has 0 spiro atoms. The average molecular weight is 660 g/mol. The lowest BCUT2D eigenvalue weighted by Crippen LogP contribution is -2.71. The van der Waals surface area contributed by atoms with Gasteiger partial charge in [-0.05, 0) is 28.1 Å². The zero-order valence-electron chi connectivity index (χ0n) is 22.4. The van der Waals surface area contributed by atoms with Crippen LogP contribution in [0.5, 0.6) is 0 Å². The maximum atomic E-state index is 13.4. The molecule has 2 aliphatic rings. The first-order valence-corrected chi connectivity index (χ1v) is 15.3. The summed E-state index contributed by atoms with van der Waals surface area (Å²) < 4.78 is 1.45. The molecule has 21 heteroatoms. The number of tetrazole rings is 1. The van der Waals surface area contributed by atoms with Crippen molar-refractivity contribution < 1.29 is 33.9 Å². The van der Waals surface area contributed by atoms with Crippen LogP contribution in [-0.2, 0) is 35.9 Å². The number of carbonyl (C=O) groups is 5. The number of aliphatic carboxylic acids is 1. The monoisotopic (exact) mass is 659 g/mol. The number of amides is 4. The molecule has 0 bridgehead atoms. The number of aryl methyl sites for hydroxylation is 1. The van der Waals surface area contributed by atoms with Crippen molar-refractivity contribution in [3.63, 3.8) is 0 Å². The van der Waals surface area contributed by atoms with Gasteiger partial charge in [-0.2, -0.15) is 0 Å². The van der Waals surface area contributed by atoms with E-state index in [4.69, 9.17) is 4.84 Å². The number of hydrogen-bond donors (Lipinski definition) is 4. The highest BCUT2D eigenvalue weighted by atomic mass is 32.2. The van der Waals surface area contributed by atoms with Gasteiger partial charge in [0.05, 0.1) is 11.9 Å². The molecule has 3 aromatic rings. The topological polar surface area (TPSA) is 236 Å². The van der Waals surface area contributed by atoms with E-state index in [1.54, 1.807) is 19.2 Å². The molecule has 0 saturated carbocycles. The normalized spacial score (nSPS) is 17.8. The highest BCUT2D eigenvalue weighted by molar-refractivity contribution is 8.01. The van der Waals surface area contributed by atoms with Gasteiger partial charge in [-0.1, -0.05) is 16.9 Å². The minimum absolute atomic E-state index is 0.00754. The van der Waals surface area contributed by atoms with E-state index in [-0.39, 0.29) is 33.7 Å². The van der Waals surface area contributed by atoms with E-state index in [0.29, 0.717) is 22.8 Å². The summed E-state index contributed by atoms with van der Waals surface area (Å²) in [6, 6.07) is 2.17. The van der Waals surface area contributed by atoms with E-state index in [9.17, 15) is 29.1 Å². The number of anilines is 2. The molecular formula is C23H21N11O7S3. The Morgan fingerprint density at radius 1 is 1.34 bits per heavy atom. The van der Waals surface area contributed by atoms with Gasteiger partial charge in [0.2, 0.25) is 11.6 Å². The van der Waals surface area contributed by atoms with Crippen molar-refractivity contribution in [1.29, 1.82) is 0 Å². The van der Waals surface area contributed by atoms with Crippen LogP contribution in [-0.4, -0.2) is 106 Å². The second-order valence-corrected chi connectivity index (χ2v) is 11.7. The van der Waals surface area contributed by atoms with Crippen LogP contribution in [0.3, 0.4) is 0 Å². The number of hydrogen-bond acceptors (Lipinski definition) is 15. The van der Waals surface area contributed by atoms with Crippen LogP contribution in [0.2, 0.25) is 0 Å². The molecule has 0 radical (unpaired) electrons. The van der Waals surface area contributed by atoms with Gasteiger partial charge in [-0.15, -0.1) is 28.2 Å². The van der Waals surface area contributed by atoms with Gasteiger partial charge >= 0.3 is 5.97 Å². The molecule has 1 saturated heterocycles. The summed E-state index contributed by atoms with van der Waals surface area (Å²) in [5.41, 5.74) is 0.404. The highest BCUT2D eigenvalue weighted by Gasteiger charge is 2.54. The SMILES string of the molecule is Cn1nnnc1SCC1=C(C(=O)O)N2C(=O)C(NC(=O)C(=NOCC(=O)Nc3cccnc3)c3csc(NC=O)n3)[C@@H]2SC1. The molecule has 1 unspecified atom stereocenters. The average Bonchev–Trinajstić information content (AvgIpc) is 3.65. The number of thiazole rings is 1. The summed E-state index contributed by atoms with van der Waals surface area (Å²) in [5.74, 6) is -2.84. The van der Waals surface area contributed by atoms with Gasteiger partial charge in [0.25, 0.3) is 17.7 Å². The van der Waals surface area contributed by atoms with Crippen LogP contribution in [0.25, 0.3) is 0 Å². The first-order chi connectivity index (χ1) is 21.3. The minimum atomic E-state index is -1.28. The molecule has 1 fully saturated rings. The van der Waals surface area contributed by atoms with E-state index in [2.05, 4.69) is 46.6 Å². The van der Waals surface area contributed by atoms with E-state index >= 15 is 0 Å². The number of β-lactam (4-membered cyclic amide) rings is 1. The van der Waals surface area contributed by atoms with Crippen molar-refractivity contribution in [2.75, 3.05) is 28.7 Å². The first kappa shape index (κ1) is 30.6. The van der Waals surface area contributed by atoms with E-state index in [1.807, 2.05) is 0 Å². The number of carboxylic acid groups (broad SMARTS) is 1. The maximum absolute atomic E-state index is 13.4. The van der Waals surface area contributed by atoms with Gasteiger partial charge in [-0.25, -0.2) is 14.5 Å². The van der Waals surface area contributed by atoms with Gasteiger partial charge < -0.3 is 25.9 Å². The van der Waals surface area contributed by atoms with Crippen LogP contribution < -0.4 is 16.0 Å². The number of carboxylic acids is 1. The van der Waals surface area contributed by atoms with Crippen molar-refractivity contribution in [3.05, 3.63) is 46.9 Å². The van der Waals surface area contributed by atoms with Crippen LogP contribution in [0.15, 0.2) is 51.5 Å². The Kier molecular flexibility index (Phi) is 9.45. The van der Waals surface area contributed by atoms with E-state index in [0.717, 1.165) is 16.2 Å². The summed E-state index contributed by atoms with van der Waals surface area (Å²) in [4.78, 5) is 76.1. The molecule has 5 heterocycles. The van der Waals surface area contributed by atoms with Crippen LogP contribution in [0.1, 0.15) is 5.69 Å². The van der Waals surface area contributed by atoms with Crippen LogP contribution in [0.4, 0.5) is 10.8 Å². The third-order valence-electron chi connectivity index (χ3n) is 5.93. The Morgan fingerprint density at radius 3 is 2.89 bits per heavy atom.